The molecule has 0 aliphatic heterocycles. The number of halogens is 3. The van der Waals surface area contributed by atoms with Crippen molar-refractivity contribution in [2.24, 2.45) is 0 Å². The van der Waals surface area contributed by atoms with Crippen LogP contribution in [0.25, 0.3) is 16.8 Å². The molecule has 0 saturated heterocycles. The molecule has 0 fully saturated rings. The Morgan fingerprint density at radius 3 is 2.00 bits per heavy atom. The topological polar surface area (TPSA) is 20.3 Å². The summed E-state index contributed by atoms with van der Waals surface area (Å²) in [6.45, 7) is 13.2. The van der Waals surface area contributed by atoms with Crippen LogP contribution < -0.4 is 0 Å². The van der Waals surface area contributed by atoms with Crippen molar-refractivity contribution in [2.45, 2.75) is 57.7 Å². The lowest BCUT2D eigenvalue weighted by Crippen LogP contribution is -2.36. The van der Waals surface area contributed by atoms with Gasteiger partial charge in [-0.05, 0) is 55.7 Å². The SMILES string of the molecule is C=C(/C=C(/c1ccc(-c2cccc(S(C)=O)c2)cc1)N(C)C(C)(C)C)C(F)(F)F.CCC. The molecule has 0 spiro atoms. The summed E-state index contributed by atoms with van der Waals surface area (Å²) >= 11 is 0. The summed E-state index contributed by atoms with van der Waals surface area (Å²) in [6.07, 6.45) is -0.531. The quantitative estimate of drug-likeness (QED) is 0.422. The van der Waals surface area contributed by atoms with E-state index in [-0.39, 0.29) is 5.54 Å². The molecule has 176 valence electrons. The van der Waals surface area contributed by atoms with Gasteiger partial charge in [0, 0.05) is 40.2 Å². The molecule has 0 bridgehead atoms. The van der Waals surface area contributed by atoms with E-state index in [0.29, 0.717) is 11.3 Å². The maximum atomic E-state index is 13.1. The molecule has 6 heteroatoms. The minimum Gasteiger partial charge on any atom is -0.369 e. The van der Waals surface area contributed by atoms with E-state index in [0.717, 1.165) is 22.1 Å². The third kappa shape index (κ3) is 7.97. The predicted molar refractivity (Wildman–Crippen MR) is 131 cm³/mol. The molecule has 0 N–H and O–H groups in total. The Kier molecular flexibility index (Phi) is 9.96. The molecule has 1 atom stereocenters. The van der Waals surface area contributed by atoms with Crippen molar-refractivity contribution >= 4 is 16.5 Å². The van der Waals surface area contributed by atoms with Crippen LogP contribution in [0.5, 0.6) is 0 Å². The smallest absolute Gasteiger partial charge is 0.369 e. The second-order valence-corrected chi connectivity index (χ2v) is 9.93. The molecule has 32 heavy (non-hydrogen) atoms. The van der Waals surface area contributed by atoms with Crippen LogP contribution in [0.4, 0.5) is 13.2 Å². The van der Waals surface area contributed by atoms with E-state index in [2.05, 4.69) is 20.4 Å². The van der Waals surface area contributed by atoms with Crippen molar-refractivity contribution in [3.05, 3.63) is 72.3 Å². The van der Waals surface area contributed by atoms with E-state index in [9.17, 15) is 17.4 Å². The van der Waals surface area contributed by atoms with Crippen molar-refractivity contribution in [2.75, 3.05) is 13.3 Å². The summed E-state index contributed by atoms with van der Waals surface area (Å²) in [5.41, 5.74) is 1.62. The molecule has 0 radical (unpaired) electrons. The zero-order valence-corrected chi connectivity index (χ0v) is 20.8. The number of hydrogen-bond acceptors (Lipinski definition) is 2. The molecular weight excluding hydrogens is 431 g/mol. The molecule has 2 rings (SSSR count). The summed E-state index contributed by atoms with van der Waals surface area (Å²) in [7, 11) is 0.679. The number of hydrogen-bond donors (Lipinski definition) is 0. The zero-order chi connectivity index (χ0) is 24.7. The van der Waals surface area contributed by atoms with Gasteiger partial charge < -0.3 is 4.90 Å². The summed E-state index contributed by atoms with van der Waals surface area (Å²) in [4.78, 5) is 2.53. The van der Waals surface area contributed by atoms with Gasteiger partial charge in [-0.25, -0.2) is 0 Å². The average molecular weight is 466 g/mol. The Bertz CT molecular complexity index is 954. The van der Waals surface area contributed by atoms with Gasteiger partial charge in [0.05, 0.1) is 5.57 Å². The molecular formula is C26H34F3NOS. The lowest BCUT2D eigenvalue weighted by Gasteiger charge is -2.36. The van der Waals surface area contributed by atoms with Crippen LogP contribution in [0.1, 0.15) is 46.6 Å². The Hall–Kier alpha value is -2.34. The van der Waals surface area contributed by atoms with Gasteiger partial charge in [0.25, 0.3) is 0 Å². The molecule has 0 heterocycles. The van der Waals surface area contributed by atoms with Crippen LogP contribution in [0.15, 0.2) is 71.7 Å². The standard InChI is InChI=1S/C23H26F3NOS.C3H8/c1-16(23(24,25)26)14-21(27(5)22(2,3)4)18-12-10-17(11-13-18)19-8-7-9-20(15-19)29(6)28;1-3-2/h7-15H,1H2,2-6H3;3H2,1-2H3/b21-14-;. The first-order valence-corrected chi connectivity index (χ1v) is 12.0. The van der Waals surface area contributed by atoms with Crippen LogP contribution in [0, 0.1) is 0 Å². The number of nitrogens with zero attached hydrogens (tertiary/aromatic N) is 1. The van der Waals surface area contributed by atoms with E-state index >= 15 is 0 Å². The Morgan fingerprint density at radius 1 is 1.03 bits per heavy atom. The molecule has 0 saturated carbocycles. The van der Waals surface area contributed by atoms with E-state index in [4.69, 9.17) is 0 Å². The van der Waals surface area contributed by atoms with E-state index in [1.165, 1.54) is 6.42 Å². The first-order valence-electron chi connectivity index (χ1n) is 10.5. The highest BCUT2D eigenvalue weighted by Crippen LogP contribution is 2.33. The van der Waals surface area contributed by atoms with Gasteiger partial charge >= 0.3 is 6.18 Å². The van der Waals surface area contributed by atoms with Crippen LogP contribution in [0.3, 0.4) is 0 Å². The maximum Gasteiger partial charge on any atom is 0.415 e. The van der Waals surface area contributed by atoms with Crippen molar-refractivity contribution in [1.29, 1.82) is 0 Å². The molecule has 0 amide bonds. The van der Waals surface area contributed by atoms with Crippen molar-refractivity contribution in [1.82, 2.24) is 4.90 Å². The molecule has 2 aromatic rings. The first-order chi connectivity index (χ1) is 14.7. The highest BCUT2D eigenvalue weighted by molar-refractivity contribution is 7.84. The molecule has 2 aromatic carbocycles. The van der Waals surface area contributed by atoms with Crippen LogP contribution in [0.2, 0.25) is 0 Å². The fourth-order valence-electron chi connectivity index (χ4n) is 2.67. The lowest BCUT2D eigenvalue weighted by molar-refractivity contribution is -0.0878. The van der Waals surface area contributed by atoms with Crippen molar-refractivity contribution < 1.29 is 17.4 Å². The van der Waals surface area contributed by atoms with Crippen LogP contribution in [-0.2, 0) is 10.8 Å². The van der Waals surface area contributed by atoms with Gasteiger partial charge in [0.2, 0.25) is 0 Å². The summed E-state index contributed by atoms with van der Waals surface area (Å²) in [5.74, 6) is 0. The second-order valence-electron chi connectivity index (χ2n) is 8.55. The minimum atomic E-state index is -4.49. The van der Waals surface area contributed by atoms with Gasteiger partial charge in [-0.3, -0.25) is 4.21 Å². The molecule has 0 aliphatic carbocycles. The van der Waals surface area contributed by atoms with Gasteiger partial charge in [0.1, 0.15) is 0 Å². The molecule has 1 unspecified atom stereocenters. The van der Waals surface area contributed by atoms with Gasteiger partial charge in [-0.15, -0.1) is 0 Å². The van der Waals surface area contributed by atoms with Gasteiger partial charge in [-0.1, -0.05) is 63.2 Å². The summed E-state index contributed by atoms with van der Waals surface area (Å²) < 4.78 is 51.0. The van der Waals surface area contributed by atoms with Crippen molar-refractivity contribution in [3.63, 3.8) is 0 Å². The number of rotatable bonds is 5. The Labute approximate surface area is 193 Å². The first kappa shape index (κ1) is 27.7. The molecule has 2 nitrogen and oxygen atoms in total. The largest absolute Gasteiger partial charge is 0.415 e. The zero-order valence-electron chi connectivity index (χ0n) is 20.0. The van der Waals surface area contributed by atoms with Crippen LogP contribution in [-0.4, -0.2) is 34.1 Å². The van der Waals surface area contributed by atoms with E-state index in [1.807, 2.05) is 51.1 Å². The normalized spacial score (nSPS) is 13.1. The lowest BCUT2D eigenvalue weighted by atomic mass is 9.98. The van der Waals surface area contributed by atoms with E-state index in [1.54, 1.807) is 36.4 Å². The minimum absolute atomic E-state index is 0.379. The average Bonchev–Trinajstić information content (AvgIpc) is 2.71. The molecule has 0 aliphatic rings. The number of benzene rings is 2. The van der Waals surface area contributed by atoms with Crippen molar-refractivity contribution in [3.8, 4) is 11.1 Å². The molecule has 0 aromatic heterocycles. The fourth-order valence-corrected chi connectivity index (χ4v) is 3.23. The summed E-state index contributed by atoms with van der Waals surface area (Å²) in [5, 5.41) is 0. The van der Waals surface area contributed by atoms with E-state index < -0.39 is 22.5 Å². The number of alkyl halides is 3. The third-order valence-corrected chi connectivity index (χ3v) is 5.64. The highest BCUT2D eigenvalue weighted by atomic mass is 32.2. The van der Waals surface area contributed by atoms with Gasteiger partial charge in [-0.2, -0.15) is 13.2 Å². The Morgan fingerprint density at radius 2 is 1.56 bits per heavy atom. The monoisotopic (exact) mass is 465 g/mol. The third-order valence-electron chi connectivity index (χ3n) is 4.72. The maximum absolute atomic E-state index is 13.1. The highest BCUT2D eigenvalue weighted by Gasteiger charge is 2.32. The summed E-state index contributed by atoms with van der Waals surface area (Å²) in [6, 6.07) is 14.7. The predicted octanol–water partition coefficient (Wildman–Crippen LogP) is 7.70. The number of allylic oxidation sites excluding steroid dienone is 2. The van der Waals surface area contributed by atoms with Gasteiger partial charge in [0.15, 0.2) is 0 Å². The second kappa shape index (κ2) is 11.5. The Balaban J connectivity index is 0.00000161. The fraction of sp³-hybridized carbons (Fsp3) is 0.385. The van der Waals surface area contributed by atoms with Crippen LogP contribution >= 0.6 is 0 Å².